The summed E-state index contributed by atoms with van der Waals surface area (Å²) in [6, 6.07) is 5.91. The lowest BCUT2D eigenvalue weighted by molar-refractivity contribution is 0.0296. The lowest BCUT2D eigenvalue weighted by Gasteiger charge is -2.34. The summed E-state index contributed by atoms with van der Waals surface area (Å²) in [5.41, 5.74) is 3.37. The third-order valence-electron chi connectivity index (χ3n) is 4.20. The second-order valence-corrected chi connectivity index (χ2v) is 5.82. The van der Waals surface area contributed by atoms with Crippen molar-refractivity contribution >= 4 is 5.82 Å². The highest BCUT2D eigenvalue weighted by molar-refractivity contribution is 5.48. The molecule has 1 atom stereocenters. The molecule has 1 fully saturated rings. The van der Waals surface area contributed by atoms with Crippen LogP contribution in [0.5, 0.6) is 0 Å². The maximum Gasteiger partial charge on any atom is 0.154 e. The highest BCUT2D eigenvalue weighted by Gasteiger charge is 2.23. The van der Waals surface area contributed by atoms with E-state index in [1.54, 1.807) is 6.20 Å². The van der Waals surface area contributed by atoms with Gasteiger partial charge in [0.15, 0.2) is 5.82 Å². The van der Waals surface area contributed by atoms with Gasteiger partial charge in [-0.15, -0.1) is 5.10 Å². The molecule has 2 aromatic heterocycles. The average molecular weight is 298 g/mol. The first-order valence-corrected chi connectivity index (χ1v) is 7.79. The number of anilines is 1. The van der Waals surface area contributed by atoms with Crippen molar-refractivity contribution in [2.75, 3.05) is 18.0 Å². The highest BCUT2D eigenvalue weighted by Crippen LogP contribution is 2.24. The highest BCUT2D eigenvalue weighted by atomic mass is 16.5. The molecule has 0 radical (unpaired) electrons. The van der Waals surface area contributed by atoms with Crippen molar-refractivity contribution in [2.24, 2.45) is 0 Å². The van der Waals surface area contributed by atoms with Crippen LogP contribution in [0.25, 0.3) is 0 Å². The van der Waals surface area contributed by atoms with Crippen LogP contribution in [0.4, 0.5) is 5.82 Å². The molecule has 0 aliphatic carbocycles. The molecule has 0 bridgehead atoms. The van der Waals surface area contributed by atoms with Crippen LogP contribution in [0.1, 0.15) is 29.7 Å². The van der Waals surface area contributed by atoms with Crippen molar-refractivity contribution in [3.05, 3.63) is 47.4 Å². The SMILES string of the molecule is Cc1cnnc(N2CCCC(OCc3ccccn3)C2)c1C. The first-order valence-electron chi connectivity index (χ1n) is 7.79. The van der Waals surface area contributed by atoms with Crippen LogP contribution in [0.3, 0.4) is 0 Å². The van der Waals surface area contributed by atoms with Gasteiger partial charge in [-0.1, -0.05) is 6.07 Å². The van der Waals surface area contributed by atoms with Gasteiger partial charge < -0.3 is 9.64 Å². The maximum atomic E-state index is 6.04. The molecule has 3 rings (SSSR count). The van der Waals surface area contributed by atoms with E-state index in [9.17, 15) is 0 Å². The summed E-state index contributed by atoms with van der Waals surface area (Å²) in [5, 5.41) is 8.42. The Morgan fingerprint density at radius 3 is 3.05 bits per heavy atom. The molecule has 22 heavy (non-hydrogen) atoms. The molecule has 2 aromatic rings. The van der Waals surface area contributed by atoms with Gasteiger partial charge >= 0.3 is 0 Å². The molecule has 1 saturated heterocycles. The molecular weight excluding hydrogens is 276 g/mol. The second kappa shape index (κ2) is 6.83. The van der Waals surface area contributed by atoms with E-state index in [1.807, 2.05) is 24.4 Å². The van der Waals surface area contributed by atoms with Gasteiger partial charge in [0.1, 0.15) is 0 Å². The summed E-state index contributed by atoms with van der Waals surface area (Å²) in [5.74, 6) is 0.992. The summed E-state index contributed by atoms with van der Waals surface area (Å²) in [6.45, 7) is 6.64. The topological polar surface area (TPSA) is 51.1 Å². The largest absolute Gasteiger partial charge is 0.370 e. The minimum absolute atomic E-state index is 0.220. The fraction of sp³-hybridized carbons (Fsp3) is 0.471. The number of aryl methyl sites for hydroxylation is 1. The molecule has 1 aliphatic heterocycles. The van der Waals surface area contributed by atoms with Gasteiger partial charge in [-0.05, 0) is 49.9 Å². The fourth-order valence-corrected chi connectivity index (χ4v) is 2.77. The first-order chi connectivity index (χ1) is 10.7. The van der Waals surface area contributed by atoms with E-state index in [0.29, 0.717) is 6.61 Å². The monoisotopic (exact) mass is 298 g/mol. The van der Waals surface area contributed by atoms with Gasteiger partial charge in [0.2, 0.25) is 0 Å². The normalized spacial score (nSPS) is 18.5. The predicted octanol–water partition coefficient (Wildman–Crippen LogP) is 2.67. The Morgan fingerprint density at radius 1 is 1.32 bits per heavy atom. The molecular formula is C17H22N4O. The van der Waals surface area contributed by atoms with Crippen molar-refractivity contribution in [2.45, 2.75) is 39.4 Å². The Hall–Kier alpha value is -2.01. The Morgan fingerprint density at radius 2 is 2.23 bits per heavy atom. The standard InChI is InChI=1S/C17H22N4O/c1-13-10-19-20-17(14(13)2)21-9-5-7-16(11-21)22-12-15-6-3-4-8-18-15/h3-4,6,8,10,16H,5,7,9,11-12H2,1-2H3. The van der Waals surface area contributed by atoms with Gasteiger partial charge in [0.05, 0.1) is 24.6 Å². The lowest BCUT2D eigenvalue weighted by atomic mass is 10.1. The number of hydrogen-bond acceptors (Lipinski definition) is 5. The van der Waals surface area contributed by atoms with E-state index < -0.39 is 0 Å². The van der Waals surface area contributed by atoms with Crippen LogP contribution >= 0.6 is 0 Å². The molecule has 0 spiro atoms. The van der Waals surface area contributed by atoms with Crippen LogP contribution in [0.15, 0.2) is 30.6 Å². The van der Waals surface area contributed by atoms with Gasteiger partial charge in [0.25, 0.3) is 0 Å². The zero-order valence-corrected chi connectivity index (χ0v) is 13.2. The third kappa shape index (κ3) is 3.42. The molecule has 0 aromatic carbocycles. The second-order valence-electron chi connectivity index (χ2n) is 5.82. The van der Waals surface area contributed by atoms with E-state index >= 15 is 0 Å². The number of hydrogen-bond donors (Lipinski definition) is 0. The van der Waals surface area contributed by atoms with Crippen molar-refractivity contribution in [1.82, 2.24) is 15.2 Å². The quantitative estimate of drug-likeness (QED) is 0.868. The third-order valence-corrected chi connectivity index (χ3v) is 4.20. The molecule has 116 valence electrons. The van der Waals surface area contributed by atoms with Gasteiger partial charge in [-0.3, -0.25) is 4.98 Å². The lowest BCUT2D eigenvalue weighted by Crippen LogP contribution is -2.40. The van der Waals surface area contributed by atoms with Crippen LogP contribution in [0.2, 0.25) is 0 Å². The molecule has 0 saturated carbocycles. The summed E-state index contributed by atoms with van der Waals surface area (Å²) in [6.07, 6.45) is 6.04. The number of pyridine rings is 1. The summed E-state index contributed by atoms with van der Waals surface area (Å²) < 4.78 is 6.04. The minimum Gasteiger partial charge on any atom is -0.370 e. The van der Waals surface area contributed by atoms with Crippen LogP contribution in [-0.4, -0.2) is 34.4 Å². The molecule has 1 unspecified atom stereocenters. The van der Waals surface area contributed by atoms with E-state index in [-0.39, 0.29) is 6.10 Å². The maximum absolute atomic E-state index is 6.04. The van der Waals surface area contributed by atoms with Crippen LogP contribution in [-0.2, 0) is 11.3 Å². The van der Waals surface area contributed by atoms with E-state index in [0.717, 1.165) is 37.4 Å². The summed E-state index contributed by atoms with van der Waals surface area (Å²) in [7, 11) is 0. The van der Waals surface area contributed by atoms with E-state index in [4.69, 9.17) is 4.74 Å². The van der Waals surface area contributed by atoms with Gasteiger partial charge in [0, 0.05) is 19.3 Å². The van der Waals surface area contributed by atoms with E-state index in [2.05, 4.69) is 33.9 Å². The number of ether oxygens (including phenoxy) is 1. The predicted molar refractivity (Wildman–Crippen MR) is 85.8 cm³/mol. The van der Waals surface area contributed by atoms with Crippen LogP contribution < -0.4 is 4.90 Å². The Bertz CT molecular complexity index is 617. The summed E-state index contributed by atoms with van der Waals surface area (Å²) >= 11 is 0. The average Bonchev–Trinajstić information content (AvgIpc) is 2.57. The van der Waals surface area contributed by atoms with Crippen molar-refractivity contribution in [1.29, 1.82) is 0 Å². The zero-order chi connectivity index (χ0) is 15.4. The molecule has 0 N–H and O–H groups in total. The Balaban J connectivity index is 1.63. The molecule has 5 heteroatoms. The molecule has 5 nitrogen and oxygen atoms in total. The van der Waals surface area contributed by atoms with Gasteiger partial charge in [-0.25, -0.2) is 0 Å². The van der Waals surface area contributed by atoms with Gasteiger partial charge in [-0.2, -0.15) is 5.10 Å². The molecule has 1 aliphatic rings. The fourth-order valence-electron chi connectivity index (χ4n) is 2.77. The van der Waals surface area contributed by atoms with Crippen LogP contribution in [0, 0.1) is 13.8 Å². The number of nitrogens with zero attached hydrogens (tertiary/aromatic N) is 4. The number of rotatable bonds is 4. The number of piperidine rings is 1. The van der Waals surface area contributed by atoms with Crippen molar-refractivity contribution in [3.8, 4) is 0 Å². The molecule has 3 heterocycles. The first kappa shape index (κ1) is 14.9. The molecule has 0 amide bonds. The zero-order valence-electron chi connectivity index (χ0n) is 13.2. The Kier molecular flexibility index (Phi) is 4.63. The summed E-state index contributed by atoms with van der Waals surface area (Å²) in [4.78, 5) is 6.60. The van der Waals surface area contributed by atoms with E-state index in [1.165, 1.54) is 11.1 Å². The Labute approximate surface area is 131 Å². The number of aromatic nitrogens is 3. The van der Waals surface area contributed by atoms with Crippen molar-refractivity contribution < 1.29 is 4.74 Å². The minimum atomic E-state index is 0.220. The van der Waals surface area contributed by atoms with Crippen molar-refractivity contribution in [3.63, 3.8) is 0 Å². The smallest absolute Gasteiger partial charge is 0.154 e.